The number of halogens is 1. The fourth-order valence-corrected chi connectivity index (χ4v) is 5.94. The van der Waals surface area contributed by atoms with Gasteiger partial charge >= 0.3 is 0 Å². The van der Waals surface area contributed by atoms with E-state index in [0.29, 0.717) is 5.75 Å². The van der Waals surface area contributed by atoms with Crippen LogP contribution in [0.3, 0.4) is 0 Å². The summed E-state index contributed by atoms with van der Waals surface area (Å²) < 4.78 is 21.1. The van der Waals surface area contributed by atoms with Gasteiger partial charge in [-0.2, -0.15) is 0 Å². The van der Waals surface area contributed by atoms with Gasteiger partial charge in [0.15, 0.2) is 11.0 Å². The molecule has 0 saturated carbocycles. The quantitative estimate of drug-likeness (QED) is 0.287. The second-order valence-corrected chi connectivity index (χ2v) is 9.98. The Hall–Kier alpha value is -2.75. The Morgan fingerprint density at radius 3 is 2.62 bits per heavy atom. The summed E-state index contributed by atoms with van der Waals surface area (Å²) in [5.41, 5.74) is 2.83. The van der Waals surface area contributed by atoms with Gasteiger partial charge in [-0.15, -0.1) is 21.5 Å². The Labute approximate surface area is 206 Å². The standard InChI is InChI=1S/C25H26FN5OS2/c1-32-22-8-4-3-7-21(22)24-27-19(16-33-24)17-34-25-29-28-23(15-30-13-5-2-6-14-30)31(25)20-11-9-18(26)10-12-20/h3-4,7-12,16H,2,5-6,13-15,17H2,1H3. The molecule has 4 aromatic rings. The summed E-state index contributed by atoms with van der Waals surface area (Å²) in [5, 5.41) is 12.8. The first-order chi connectivity index (χ1) is 16.7. The fourth-order valence-electron chi connectivity index (χ4n) is 4.12. The molecule has 34 heavy (non-hydrogen) atoms. The van der Waals surface area contributed by atoms with E-state index in [-0.39, 0.29) is 5.82 Å². The van der Waals surface area contributed by atoms with Crippen molar-refractivity contribution in [3.63, 3.8) is 0 Å². The molecule has 0 bridgehead atoms. The van der Waals surface area contributed by atoms with Crippen LogP contribution in [-0.2, 0) is 12.3 Å². The molecule has 3 heterocycles. The number of para-hydroxylation sites is 1. The van der Waals surface area contributed by atoms with Gasteiger partial charge in [0.2, 0.25) is 0 Å². The summed E-state index contributed by atoms with van der Waals surface area (Å²) in [6, 6.07) is 14.4. The topological polar surface area (TPSA) is 56.1 Å². The number of benzene rings is 2. The molecule has 2 aromatic carbocycles. The van der Waals surface area contributed by atoms with Crippen molar-refractivity contribution in [1.29, 1.82) is 0 Å². The third-order valence-electron chi connectivity index (χ3n) is 5.84. The lowest BCUT2D eigenvalue weighted by molar-refractivity contribution is 0.214. The molecule has 5 rings (SSSR count). The predicted octanol–water partition coefficient (Wildman–Crippen LogP) is 5.82. The molecule has 0 radical (unpaired) electrons. The van der Waals surface area contributed by atoms with Crippen LogP contribution in [0.2, 0.25) is 0 Å². The first-order valence-corrected chi connectivity index (χ1v) is 13.2. The van der Waals surface area contributed by atoms with Crippen LogP contribution in [0.25, 0.3) is 16.3 Å². The molecule has 9 heteroatoms. The Bertz CT molecular complexity index is 1230. The van der Waals surface area contributed by atoms with E-state index < -0.39 is 0 Å². The molecule has 176 valence electrons. The summed E-state index contributed by atoms with van der Waals surface area (Å²) in [6.07, 6.45) is 3.71. The maximum absolute atomic E-state index is 13.6. The molecular formula is C25H26FN5OS2. The number of thioether (sulfide) groups is 1. The second-order valence-electron chi connectivity index (χ2n) is 8.18. The van der Waals surface area contributed by atoms with Crippen LogP contribution in [0, 0.1) is 5.82 Å². The molecular weight excluding hydrogens is 469 g/mol. The van der Waals surface area contributed by atoms with E-state index in [9.17, 15) is 4.39 Å². The van der Waals surface area contributed by atoms with Gasteiger partial charge in [0.25, 0.3) is 0 Å². The van der Waals surface area contributed by atoms with E-state index >= 15 is 0 Å². The number of piperidine rings is 1. The number of methoxy groups -OCH3 is 1. The minimum absolute atomic E-state index is 0.255. The minimum Gasteiger partial charge on any atom is -0.496 e. The van der Waals surface area contributed by atoms with Gasteiger partial charge < -0.3 is 4.74 Å². The van der Waals surface area contributed by atoms with Crippen LogP contribution in [0.15, 0.2) is 59.1 Å². The molecule has 0 spiro atoms. The molecule has 1 aliphatic rings. The molecule has 0 atom stereocenters. The first kappa shape index (κ1) is 23.0. The van der Waals surface area contributed by atoms with E-state index in [1.165, 1.54) is 31.4 Å². The van der Waals surface area contributed by atoms with Crippen molar-refractivity contribution in [3.05, 3.63) is 71.2 Å². The average molecular weight is 496 g/mol. The molecule has 1 fully saturated rings. The molecule has 0 unspecified atom stereocenters. The SMILES string of the molecule is COc1ccccc1-c1nc(CSc2nnc(CN3CCCCC3)n2-c2ccc(F)cc2)cs1. The summed E-state index contributed by atoms with van der Waals surface area (Å²) >= 11 is 3.19. The number of hydrogen-bond donors (Lipinski definition) is 0. The lowest BCUT2D eigenvalue weighted by atomic mass is 10.1. The van der Waals surface area contributed by atoms with Crippen LogP contribution in [0.5, 0.6) is 5.75 Å². The normalized spacial score (nSPS) is 14.4. The highest BCUT2D eigenvalue weighted by Gasteiger charge is 2.19. The van der Waals surface area contributed by atoms with Gasteiger partial charge in [-0.1, -0.05) is 30.3 Å². The van der Waals surface area contributed by atoms with Gasteiger partial charge in [-0.05, 0) is 62.3 Å². The predicted molar refractivity (Wildman–Crippen MR) is 134 cm³/mol. The van der Waals surface area contributed by atoms with Crippen molar-refractivity contribution in [2.24, 2.45) is 0 Å². The van der Waals surface area contributed by atoms with E-state index in [0.717, 1.165) is 58.3 Å². The lowest BCUT2D eigenvalue weighted by Crippen LogP contribution is -2.30. The maximum Gasteiger partial charge on any atom is 0.196 e. The number of ether oxygens (including phenoxy) is 1. The Morgan fingerprint density at radius 2 is 1.82 bits per heavy atom. The smallest absolute Gasteiger partial charge is 0.196 e. The number of rotatable bonds is 8. The van der Waals surface area contributed by atoms with Crippen molar-refractivity contribution >= 4 is 23.1 Å². The zero-order chi connectivity index (χ0) is 23.3. The van der Waals surface area contributed by atoms with Crippen LogP contribution in [0.1, 0.15) is 30.8 Å². The minimum atomic E-state index is -0.255. The summed E-state index contributed by atoms with van der Waals surface area (Å²) in [4.78, 5) is 7.24. The van der Waals surface area contributed by atoms with Crippen LogP contribution in [0.4, 0.5) is 4.39 Å². The Balaban J connectivity index is 1.37. The number of likely N-dealkylation sites (tertiary alicyclic amines) is 1. The summed E-state index contributed by atoms with van der Waals surface area (Å²) in [7, 11) is 1.67. The van der Waals surface area contributed by atoms with Crippen molar-refractivity contribution in [2.75, 3.05) is 20.2 Å². The largest absolute Gasteiger partial charge is 0.496 e. The molecule has 0 amide bonds. The van der Waals surface area contributed by atoms with E-state index in [1.54, 1.807) is 42.3 Å². The summed E-state index contributed by atoms with van der Waals surface area (Å²) in [6.45, 7) is 2.88. The Kier molecular flexibility index (Phi) is 7.22. The van der Waals surface area contributed by atoms with Gasteiger partial charge in [-0.25, -0.2) is 9.37 Å². The second kappa shape index (κ2) is 10.7. The van der Waals surface area contributed by atoms with Crippen molar-refractivity contribution in [2.45, 2.75) is 36.7 Å². The van der Waals surface area contributed by atoms with Crippen LogP contribution < -0.4 is 4.74 Å². The Morgan fingerprint density at radius 1 is 1.03 bits per heavy atom. The molecule has 0 N–H and O–H groups in total. The number of hydrogen-bond acceptors (Lipinski definition) is 7. The van der Waals surface area contributed by atoms with Crippen LogP contribution >= 0.6 is 23.1 Å². The molecule has 6 nitrogen and oxygen atoms in total. The fraction of sp³-hybridized carbons (Fsp3) is 0.320. The molecule has 2 aromatic heterocycles. The average Bonchev–Trinajstić information content (AvgIpc) is 3.51. The third kappa shape index (κ3) is 5.16. The van der Waals surface area contributed by atoms with Gasteiger partial charge in [0.05, 0.1) is 24.9 Å². The highest BCUT2D eigenvalue weighted by atomic mass is 32.2. The van der Waals surface area contributed by atoms with Crippen molar-refractivity contribution in [3.8, 4) is 22.0 Å². The zero-order valence-electron chi connectivity index (χ0n) is 19.0. The third-order valence-corrected chi connectivity index (χ3v) is 7.72. The molecule has 1 saturated heterocycles. The summed E-state index contributed by atoms with van der Waals surface area (Å²) in [5.74, 6) is 2.10. The van der Waals surface area contributed by atoms with Gasteiger partial charge in [0, 0.05) is 16.8 Å². The van der Waals surface area contributed by atoms with E-state index in [1.807, 2.05) is 28.8 Å². The van der Waals surface area contributed by atoms with Gasteiger partial charge in [0.1, 0.15) is 16.6 Å². The monoisotopic (exact) mass is 495 g/mol. The number of aromatic nitrogens is 4. The maximum atomic E-state index is 13.6. The zero-order valence-corrected chi connectivity index (χ0v) is 20.6. The highest BCUT2D eigenvalue weighted by molar-refractivity contribution is 7.98. The van der Waals surface area contributed by atoms with Crippen molar-refractivity contribution < 1.29 is 9.13 Å². The van der Waals surface area contributed by atoms with Crippen LogP contribution in [-0.4, -0.2) is 44.8 Å². The highest BCUT2D eigenvalue weighted by Crippen LogP contribution is 2.33. The van der Waals surface area contributed by atoms with E-state index in [4.69, 9.17) is 9.72 Å². The number of thiazole rings is 1. The lowest BCUT2D eigenvalue weighted by Gasteiger charge is -2.26. The molecule has 1 aliphatic heterocycles. The van der Waals surface area contributed by atoms with Crippen molar-refractivity contribution in [1.82, 2.24) is 24.6 Å². The first-order valence-electron chi connectivity index (χ1n) is 11.3. The number of nitrogens with zero attached hydrogens (tertiary/aromatic N) is 5. The molecule has 0 aliphatic carbocycles. The van der Waals surface area contributed by atoms with E-state index in [2.05, 4.69) is 20.5 Å². The van der Waals surface area contributed by atoms with Gasteiger partial charge in [-0.3, -0.25) is 9.47 Å².